The number of carbonyl (C=O) groups excluding carboxylic acids is 1. The third-order valence-electron chi connectivity index (χ3n) is 5.69. The Morgan fingerprint density at radius 2 is 2.16 bits per heavy atom. The van der Waals surface area contributed by atoms with Gasteiger partial charge in [0, 0.05) is 23.8 Å². The van der Waals surface area contributed by atoms with Crippen molar-refractivity contribution in [1.82, 2.24) is 25.3 Å². The van der Waals surface area contributed by atoms with E-state index >= 15 is 0 Å². The molecule has 1 aliphatic carbocycles. The fourth-order valence-electron chi connectivity index (χ4n) is 4.39. The first-order valence-electron chi connectivity index (χ1n) is 10.5. The Kier molecular flexibility index (Phi) is 4.97. The molecule has 1 amide bonds. The third kappa shape index (κ3) is 3.93. The Labute approximate surface area is 182 Å². The number of nitrogens with zero attached hydrogens (tertiary/aromatic N) is 2. The van der Waals surface area contributed by atoms with E-state index in [0.29, 0.717) is 12.3 Å². The van der Waals surface area contributed by atoms with Crippen LogP contribution in [0.25, 0.3) is 21.3 Å². The van der Waals surface area contributed by atoms with Crippen LogP contribution in [0.3, 0.4) is 0 Å². The molecule has 31 heavy (non-hydrogen) atoms. The highest BCUT2D eigenvalue weighted by Gasteiger charge is 2.26. The Bertz CT molecular complexity index is 1340. The lowest BCUT2D eigenvalue weighted by atomic mass is 9.84. The molecule has 0 saturated carbocycles. The first-order valence-corrected chi connectivity index (χ1v) is 11.3. The molecular weight excluding hydrogens is 412 g/mol. The van der Waals surface area contributed by atoms with Gasteiger partial charge < -0.3 is 20.6 Å². The van der Waals surface area contributed by atoms with Gasteiger partial charge in [-0.25, -0.2) is 9.97 Å². The number of carbonyl (C=O) groups is 1. The first kappa shape index (κ1) is 19.7. The summed E-state index contributed by atoms with van der Waals surface area (Å²) in [5.74, 6) is 1.14. The average molecular weight is 437 g/mol. The minimum atomic E-state index is -0.0659. The third-order valence-corrected chi connectivity index (χ3v) is 6.53. The van der Waals surface area contributed by atoms with E-state index in [0.717, 1.165) is 52.0 Å². The molecular formula is C22H24N6O2S. The number of hydrogen-bond acceptors (Lipinski definition) is 6. The molecule has 8 nitrogen and oxygen atoms in total. The Morgan fingerprint density at radius 1 is 1.29 bits per heavy atom. The van der Waals surface area contributed by atoms with E-state index in [1.54, 1.807) is 6.33 Å². The van der Waals surface area contributed by atoms with E-state index in [-0.39, 0.29) is 16.8 Å². The Balaban J connectivity index is 1.45. The topological polar surface area (TPSA) is 116 Å². The van der Waals surface area contributed by atoms with Crippen molar-refractivity contribution in [2.75, 3.05) is 5.32 Å². The standard InChI is InChI=1S/C22H24N6O2S/c1-11(2)25-18(29)8-12-3-5-15-14(7-12)19-20(23-10-24-21(19)27-15)26-13-4-6-16-17(9-13)31-22(30)28-16/h4,6,9-12H,3,5,7-8H2,1-2H3,(H,25,29)(H,28,30)(H2,23,24,26,27). The average Bonchev–Trinajstić information content (AvgIpc) is 3.26. The molecule has 160 valence electrons. The van der Waals surface area contributed by atoms with Crippen LogP contribution in [0, 0.1) is 5.92 Å². The fraction of sp³-hybridized carbons (Fsp3) is 0.364. The maximum atomic E-state index is 12.3. The van der Waals surface area contributed by atoms with Crippen LogP contribution < -0.4 is 15.5 Å². The molecule has 0 aliphatic heterocycles. The molecule has 1 aliphatic rings. The number of amides is 1. The molecule has 1 aromatic carbocycles. The number of nitrogens with one attached hydrogen (secondary N) is 4. The van der Waals surface area contributed by atoms with Gasteiger partial charge in [-0.15, -0.1) is 0 Å². The minimum Gasteiger partial charge on any atom is -0.354 e. The highest BCUT2D eigenvalue weighted by molar-refractivity contribution is 7.16. The number of rotatable bonds is 5. The van der Waals surface area contributed by atoms with Gasteiger partial charge in [-0.2, -0.15) is 0 Å². The molecule has 3 aromatic heterocycles. The molecule has 1 unspecified atom stereocenters. The molecule has 0 fully saturated rings. The number of aromatic amines is 2. The predicted molar refractivity (Wildman–Crippen MR) is 123 cm³/mol. The summed E-state index contributed by atoms with van der Waals surface area (Å²) in [6.07, 6.45) is 4.77. The lowest BCUT2D eigenvalue weighted by Gasteiger charge is -2.22. The molecule has 0 spiro atoms. The van der Waals surface area contributed by atoms with Crippen molar-refractivity contribution in [1.29, 1.82) is 0 Å². The summed E-state index contributed by atoms with van der Waals surface area (Å²) in [7, 11) is 0. The largest absolute Gasteiger partial charge is 0.354 e. The number of aromatic nitrogens is 4. The fourth-order valence-corrected chi connectivity index (χ4v) is 5.16. The highest BCUT2D eigenvalue weighted by Crippen LogP contribution is 2.36. The maximum absolute atomic E-state index is 12.3. The summed E-state index contributed by atoms with van der Waals surface area (Å²) in [5, 5.41) is 7.38. The first-order chi connectivity index (χ1) is 15.0. The van der Waals surface area contributed by atoms with E-state index in [4.69, 9.17) is 0 Å². The van der Waals surface area contributed by atoms with Crippen LogP contribution in [0.5, 0.6) is 0 Å². The van der Waals surface area contributed by atoms with Crippen LogP contribution >= 0.6 is 11.3 Å². The Morgan fingerprint density at radius 3 is 3.00 bits per heavy atom. The molecule has 0 radical (unpaired) electrons. The van der Waals surface area contributed by atoms with Crippen LogP contribution in [-0.4, -0.2) is 31.9 Å². The van der Waals surface area contributed by atoms with Crippen molar-refractivity contribution < 1.29 is 4.79 Å². The van der Waals surface area contributed by atoms with E-state index in [1.165, 1.54) is 22.6 Å². The van der Waals surface area contributed by atoms with Crippen LogP contribution in [-0.2, 0) is 17.6 Å². The van der Waals surface area contributed by atoms with E-state index < -0.39 is 0 Å². The quantitative estimate of drug-likeness (QED) is 0.381. The lowest BCUT2D eigenvalue weighted by molar-refractivity contribution is -0.122. The summed E-state index contributed by atoms with van der Waals surface area (Å²) in [5.41, 5.74) is 4.87. The summed E-state index contributed by atoms with van der Waals surface area (Å²) >= 11 is 1.19. The second kappa shape index (κ2) is 7.81. The molecule has 5 rings (SSSR count). The maximum Gasteiger partial charge on any atom is 0.305 e. The van der Waals surface area contributed by atoms with Gasteiger partial charge in [0.2, 0.25) is 5.91 Å². The molecule has 9 heteroatoms. The van der Waals surface area contributed by atoms with Crippen molar-refractivity contribution in [3.05, 3.63) is 45.5 Å². The van der Waals surface area contributed by atoms with Crippen LogP contribution in [0.4, 0.5) is 11.5 Å². The number of H-pyrrole nitrogens is 2. The van der Waals surface area contributed by atoms with Gasteiger partial charge in [0.15, 0.2) is 0 Å². The second-order valence-corrected chi connectivity index (χ2v) is 9.43. The predicted octanol–water partition coefficient (Wildman–Crippen LogP) is 3.62. The summed E-state index contributed by atoms with van der Waals surface area (Å²) in [6.45, 7) is 3.96. The number of thiazole rings is 1. The van der Waals surface area contributed by atoms with Crippen LogP contribution in [0.1, 0.15) is 37.9 Å². The van der Waals surface area contributed by atoms with Gasteiger partial charge in [-0.1, -0.05) is 11.3 Å². The van der Waals surface area contributed by atoms with Crippen molar-refractivity contribution >= 4 is 50.0 Å². The van der Waals surface area contributed by atoms with Crippen molar-refractivity contribution in [3.63, 3.8) is 0 Å². The number of fused-ring (bicyclic) bond motifs is 4. The number of hydrogen-bond donors (Lipinski definition) is 4. The smallest absolute Gasteiger partial charge is 0.305 e. The molecule has 4 N–H and O–H groups in total. The monoisotopic (exact) mass is 436 g/mol. The van der Waals surface area contributed by atoms with Crippen molar-refractivity contribution in [2.45, 2.75) is 45.6 Å². The van der Waals surface area contributed by atoms with E-state index in [1.807, 2.05) is 32.0 Å². The molecule has 0 bridgehead atoms. The summed E-state index contributed by atoms with van der Waals surface area (Å²) in [6, 6.07) is 5.92. The SMILES string of the molecule is CC(C)NC(=O)CC1CCc2[nH]c3ncnc(Nc4ccc5[nH]c(=O)sc5c4)c3c2C1. The number of benzene rings is 1. The number of anilines is 2. The van der Waals surface area contributed by atoms with Crippen LogP contribution in [0.2, 0.25) is 0 Å². The normalized spacial score (nSPS) is 16.0. The molecule has 1 atom stereocenters. The highest BCUT2D eigenvalue weighted by atomic mass is 32.1. The van der Waals surface area contributed by atoms with Gasteiger partial charge in [0.05, 0.1) is 15.6 Å². The summed E-state index contributed by atoms with van der Waals surface area (Å²) < 4.78 is 0.896. The molecule has 0 saturated heterocycles. The van der Waals surface area contributed by atoms with E-state index in [2.05, 4.69) is 30.6 Å². The number of aryl methyl sites for hydroxylation is 1. The van der Waals surface area contributed by atoms with Gasteiger partial charge in [-0.3, -0.25) is 9.59 Å². The Hall–Kier alpha value is -3.20. The molecule has 3 heterocycles. The second-order valence-electron chi connectivity index (χ2n) is 8.41. The zero-order valence-electron chi connectivity index (χ0n) is 17.4. The lowest BCUT2D eigenvalue weighted by Crippen LogP contribution is -2.32. The van der Waals surface area contributed by atoms with Gasteiger partial charge in [0.1, 0.15) is 17.8 Å². The zero-order valence-corrected chi connectivity index (χ0v) is 18.2. The molecule has 4 aromatic rings. The van der Waals surface area contributed by atoms with Gasteiger partial charge >= 0.3 is 4.87 Å². The van der Waals surface area contributed by atoms with Crippen LogP contribution in [0.15, 0.2) is 29.3 Å². The zero-order chi connectivity index (χ0) is 21.5. The van der Waals surface area contributed by atoms with Crippen molar-refractivity contribution in [2.24, 2.45) is 5.92 Å². The summed E-state index contributed by atoms with van der Waals surface area (Å²) in [4.78, 5) is 39.0. The van der Waals surface area contributed by atoms with Gasteiger partial charge in [0.25, 0.3) is 0 Å². The van der Waals surface area contributed by atoms with Crippen molar-refractivity contribution in [3.8, 4) is 0 Å². The van der Waals surface area contributed by atoms with Gasteiger partial charge in [-0.05, 0) is 62.8 Å². The minimum absolute atomic E-state index is 0.0659. The van der Waals surface area contributed by atoms with E-state index in [9.17, 15) is 9.59 Å².